The lowest BCUT2D eigenvalue weighted by molar-refractivity contribution is -1.03. The lowest BCUT2D eigenvalue weighted by Crippen LogP contribution is -3.27. The van der Waals surface area contributed by atoms with E-state index in [1.54, 1.807) is 16.0 Å². The molecule has 7 heteroatoms. The zero-order valence-corrected chi connectivity index (χ0v) is 18.4. The summed E-state index contributed by atoms with van der Waals surface area (Å²) in [6.45, 7) is 8.88. The summed E-state index contributed by atoms with van der Waals surface area (Å²) in [5.74, 6) is 0.971. The second kappa shape index (κ2) is 8.41. The number of quaternary nitrogens is 2. The molecule has 3 aromatic rings. The smallest absolute Gasteiger partial charge is 0.203 e. The Hall–Kier alpha value is -2.35. The number of benzene rings is 1. The number of nitrogens with zero attached hydrogens (tertiary/aromatic N) is 4. The first-order valence-electron chi connectivity index (χ1n) is 11.0. The standard InChI is InChI=1S/C23H28N6S/c1-18-5-2-3-6-20(18)16-26-11-13-27(14-12-26)17-28-23(30)29(21-8-9-21)22(25-28)19-7-4-10-24-15-19/h2-7,10,15,21H,8-9,11-14,16-17H2,1H3/p+2. The molecule has 2 aromatic heterocycles. The molecule has 30 heavy (non-hydrogen) atoms. The van der Waals surface area contributed by atoms with Gasteiger partial charge in [0.2, 0.25) is 4.77 Å². The third-order valence-corrected chi connectivity index (χ3v) is 6.85. The fourth-order valence-electron chi connectivity index (χ4n) is 4.46. The lowest BCUT2D eigenvalue weighted by atomic mass is 10.1. The number of rotatable bonds is 6. The van der Waals surface area contributed by atoms with Gasteiger partial charge in [0.1, 0.15) is 32.7 Å². The van der Waals surface area contributed by atoms with Crippen LogP contribution < -0.4 is 9.80 Å². The van der Waals surface area contributed by atoms with Crippen LogP contribution in [-0.4, -0.2) is 45.5 Å². The summed E-state index contributed by atoms with van der Waals surface area (Å²) in [4.78, 5) is 7.53. The van der Waals surface area contributed by atoms with Gasteiger partial charge in [-0.25, -0.2) is 0 Å². The van der Waals surface area contributed by atoms with E-state index in [1.165, 1.54) is 37.1 Å². The van der Waals surface area contributed by atoms with Crippen molar-refractivity contribution in [3.05, 3.63) is 64.7 Å². The van der Waals surface area contributed by atoms with E-state index < -0.39 is 0 Å². The van der Waals surface area contributed by atoms with E-state index >= 15 is 0 Å². The van der Waals surface area contributed by atoms with Crippen LogP contribution in [0.4, 0.5) is 0 Å². The van der Waals surface area contributed by atoms with Gasteiger partial charge in [-0.2, -0.15) is 4.68 Å². The Balaban J connectivity index is 1.27. The van der Waals surface area contributed by atoms with Crippen molar-refractivity contribution in [1.29, 1.82) is 0 Å². The van der Waals surface area contributed by atoms with Gasteiger partial charge in [0, 0.05) is 29.6 Å². The van der Waals surface area contributed by atoms with Gasteiger partial charge in [0.25, 0.3) is 0 Å². The summed E-state index contributed by atoms with van der Waals surface area (Å²) in [5, 5.41) is 4.94. The molecule has 1 aromatic carbocycles. The first-order chi connectivity index (χ1) is 14.7. The minimum Gasteiger partial charge on any atom is -0.322 e. The Kier molecular flexibility index (Phi) is 5.50. The van der Waals surface area contributed by atoms with Gasteiger partial charge in [0.05, 0.1) is 0 Å². The summed E-state index contributed by atoms with van der Waals surface area (Å²) >= 11 is 5.85. The Bertz CT molecular complexity index is 1060. The highest BCUT2D eigenvalue weighted by atomic mass is 32.1. The molecule has 0 atom stereocenters. The number of piperazine rings is 1. The largest absolute Gasteiger partial charge is 0.322 e. The maximum absolute atomic E-state index is 5.85. The molecule has 1 saturated heterocycles. The molecule has 0 amide bonds. The summed E-state index contributed by atoms with van der Waals surface area (Å²) in [5.41, 5.74) is 3.93. The van der Waals surface area contributed by atoms with Gasteiger partial charge in [-0.15, -0.1) is 5.10 Å². The second-order valence-corrected chi connectivity index (χ2v) is 9.08. The van der Waals surface area contributed by atoms with E-state index in [4.69, 9.17) is 17.3 Å². The molecule has 156 valence electrons. The summed E-state index contributed by atoms with van der Waals surface area (Å²) in [6.07, 6.45) is 6.09. The maximum Gasteiger partial charge on any atom is 0.203 e. The van der Waals surface area contributed by atoms with Crippen molar-refractivity contribution in [3.8, 4) is 11.4 Å². The Morgan fingerprint density at radius 2 is 1.80 bits per heavy atom. The van der Waals surface area contributed by atoms with E-state index in [9.17, 15) is 0 Å². The van der Waals surface area contributed by atoms with Crippen LogP contribution in [0.1, 0.15) is 30.0 Å². The van der Waals surface area contributed by atoms with Crippen molar-refractivity contribution in [3.63, 3.8) is 0 Å². The minimum atomic E-state index is 0.506. The lowest BCUT2D eigenvalue weighted by Gasteiger charge is -2.29. The molecule has 2 aliphatic rings. The molecule has 0 unspecified atom stereocenters. The average molecular weight is 423 g/mol. The van der Waals surface area contributed by atoms with Crippen molar-refractivity contribution in [2.24, 2.45) is 0 Å². The van der Waals surface area contributed by atoms with Crippen molar-refractivity contribution >= 4 is 12.2 Å². The monoisotopic (exact) mass is 422 g/mol. The quantitative estimate of drug-likeness (QED) is 0.584. The zero-order valence-electron chi connectivity index (χ0n) is 17.6. The summed E-state index contributed by atoms with van der Waals surface area (Å²) < 4.78 is 5.17. The molecule has 2 N–H and O–H groups in total. The van der Waals surface area contributed by atoms with Gasteiger partial charge in [-0.1, -0.05) is 24.3 Å². The SMILES string of the molecule is Cc1ccccc1C[NH+]1CC[NH+](Cn2nc(-c3cccnc3)n(C3CC3)c2=S)CC1. The number of aryl methyl sites for hydroxylation is 1. The molecule has 2 fully saturated rings. The van der Waals surface area contributed by atoms with E-state index in [1.807, 2.05) is 12.3 Å². The van der Waals surface area contributed by atoms with Crippen LogP contribution in [0.3, 0.4) is 0 Å². The molecular formula is C23H30N6S+2. The van der Waals surface area contributed by atoms with Gasteiger partial charge in [0.15, 0.2) is 12.5 Å². The molecule has 1 saturated carbocycles. The van der Waals surface area contributed by atoms with E-state index in [-0.39, 0.29) is 0 Å². The second-order valence-electron chi connectivity index (χ2n) is 8.71. The van der Waals surface area contributed by atoms with E-state index in [0.29, 0.717) is 6.04 Å². The predicted octanol–water partition coefficient (Wildman–Crippen LogP) is 1.06. The molecule has 0 spiro atoms. The van der Waals surface area contributed by atoms with Gasteiger partial charge >= 0.3 is 0 Å². The number of aromatic nitrogens is 4. The van der Waals surface area contributed by atoms with E-state index in [0.717, 1.165) is 42.5 Å². The highest BCUT2D eigenvalue weighted by Gasteiger charge is 2.30. The molecule has 6 nitrogen and oxygen atoms in total. The minimum absolute atomic E-state index is 0.506. The molecule has 1 aliphatic carbocycles. The van der Waals surface area contributed by atoms with Crippen molar-refractivity contribution in [2.45, 2.75) is 39.0 Å². The van der Waals surface area contributed by atoms with Crippen LogP contribution in [-0.2, 0) is 13.2 Å². The third-order valence-electron chi connectivity index (χ3n) is 6.44. The highest BCUT2D eigenvalue weighted by Crippen LogP contribution is 2.38. The Morgan fingerprint density at radius 1 is 1.03 bits per heavy atom. The van der Waals surface area contributed by atoms with Crippen molar-refractivity contribution < 1.29 is 9.80 Å². The molecule has 0 radical (unpaired) electrons. The molecular weight excluding hydrogens is 392 g/mol. The zero-order chi connectivity index (χ0) is 20.5. The van der Waals surface area contributed by atoms with Gasteiger partial charge in [-0.3, -0.25) is 9.55 Å². The van der Waals surface area contributed by atoms with E-state index in [2.05, 4.69) is 51.5 Å². The third kappa shape index (κ3) is 4.10. The number of hydrogen-bond donors (Lipinski definition) is 2. The first kappa shape index (κ1) is 19.6. The predicted molar refractivity (Wildman–Crippen MR) is 119 cm³/mol. The molecule has 0 bridgehead atoms. The topological polar surface area (TPSA) is 44.5 Å². The molecule has 3 heterocycles. The Labute approximate surface area is 182 Å². The molecule has 1 aliphatic heterocycles. The fraction of sp³-hybridized carbons (Fsp3) is 0.435. The Morgan fingerprint density at radius 3 is 2.50 bits per heavy atom. The highest BCUT2D eigenvalue weighted by molar-refractivity contribution is 7.71. The maximum atomic E-state index is 5.85. The van der Waals surface area contributed by atoms with Crippen LogP contribution in [0, 0.1) is 11.7 Å². The van der Waals surface area contributed by atoms with Crippen LogP contribution >= 0.6 is 12.2 Å². The summed E-state index contributed by atoms with van der Waals surface area (Å²) in [7, 11) is 0. The number of nitrogens with one attached hydrogen (secondary N) is 2. The van der Waals surface area contributed by atoms with Crippen LogP contribution in [0.5, 0.6) is 0 Å². The normalized spacial score (nSPS) is 21.6. The van der Waals surface area contributed by atoms with Crippen LogP contribution in [0.2, 0.25) is 0 Å². The van der Waals surface area contributed by atoms with Gasteiger partial charge in [-0.05, 0) is 49.7 Å². The van der Waals surface area contributed by atoms with Crippen molar-refractivity contribution in [2.75, 3.05) is 26.2 Å². The molecule has 5 rings (SSSR count). The summed E-state index contributed by atoms with van der Waals surface area (Å²) in [6, 6.07) is 13.3. The fourth-order valence-corrected chi connectivity index (χ4v) is 4.80. The van der Waals surface area contributed by atoms with Crippen LogP contribution in [0.25, 0.3) is 11.4 Å². The number of pyridine rings is 1. The first-order valence-corrected chi connectivity index (χ1v) is 11.4. The number of hydrogen-bond acceptors (Lipinski definition) is 3. The van der Waals surface area contributed by atoms with Gasteiger partial charge < -0.3 is 9.80 Å². The van der Waals surface area contributed by atoms with Crippen molar-refractivity contribution in [1.82, 2.24) is 19.3 Å². The average Bonchev–Trinajstić information content (AvgIpc) is 3.56. The van der Waals surface area contributed by atoms with Crippen LogP contribution in [0.15, 0.2) is 48.8 Å².